The molecule has 0 saturated heterocycles. The van der Waals surface area contributed by atoms with Crippen molar-refractivity contribution in [1.29, 1.82) is 0 Å². The number of nitrogens with zero attached hydrogens (tertiary/aromatic N) is 3. The highest BCUT2D eigenvalue weighted by Crippen LogP contribution is 2.30. The van der Waals surface area contributed by atoms with Gasteiger partial charge in [0.2, 0.25) is 0 Å². The van der Waals surface area contributed by atoms with Crippen LogP contribution in [0.2, 0.25) is 0 Å². The first-order chi connectivity index (χ1) is 12.9. The van der Waals surface area contributed by atoms with E-state index in [9.17, 15) is 9.18 Å². The Labute approximate surface area is 157 Å². The molecule has 1 heterocycles. The van der Waals surface area contributed by atoms with Crippen LogP contribution in [0.15, 0.2) is 30.3 Å². The number of hydrogen-bond acceptors (Lipinski definition) is 5. The summed E-state index contributed by atoms with van der Waals surface area (Å²) in [6.07, 6.45) is 1.08. The van der Waals surface area contributed by atoms with Crippen molar-refractivity contribution in [2.45, 2.75) is 40.2 Å². The lowest BCUT2D eigenvalue weighted by atomic mass is 10.0. The van der Waals surface area contributed by atoms with Gasteiger partial charge in [-0.2, -0.15) is 0 Å². The van der Waals surface area contributed by atoms with Gasteiger partial charge >= 0.3 is 0 Å². The molecular weight excluding hydrogens is 347 g/mol. The number of halogens is 1. The first-order valence-corrected chi connectivity index (χ1v) is 8.95. The minimum atomic E-state index is -0.516. The van der Waals surface area contributed by atoms with E-state index in [2.05, 4.69) is 10.3 Å². The summed E-state index contributed by atoms with van der Waals surface area (Å²) in [6, 6.07) is 8.23. The molecule has 0 aliphatic heterocycles. The van der Waals surface area contributed by atoms with E-state index in [0.717, 1.165) is 11.1 Å². The fraction of sp³-hybridized carbons (Fsp3) is 0.350. The van der Waals surface area contributed by atoms with E-state index in [-0.39, 0.29) is 17.4 Å². The molecule has 2 aromatic carbocycles. The fourth-order valence-corrected chi connectivity index (χ4v) is 2.97. The van der Waals surface area contributed by atoms with E-state index in [1.54, 1.807) is 29.8 Å². The predicted octanol–water partition coefficient (Wildman–Crippen LogP) is 4.26. The van der Waals surface area contributed by atoms with E-state index in [1.807, 2.05) is 19.9 Å². The summed E-state index contributed by atoms with van der Waals surface area (Å²) in [5.74, 6) is 0.849. The molecule has 6 nitrogen and oxygen atoms in total. The largest absolute Gasteiger partial charge is 0.457 e. The molecule has 0 bridgehead atoms. The normalized spacial score (nSPS) is 12.3. The minimum absolute atomic E-state index is 0.0916. The van der Waals surface area contributed by atoms with Crippen LogP contribution < -0.4 is 10.5 Å². The number of rotatable bonds is 7. The number of ether oxygens (including phenoxy) is 1. The van der Waals surface area contributed by atoms with Crippen LogP contribution in [-0.4, -0.2) is 20.8 Å². The van der Waals surface area contributed by atoms with Crippen molar-refractivity contribution in [1.82, 2.24) is 15.0 Å². The van der Waals surface area contributed by atoms with Crippen molar-refractivity contribution in [3.05, 3.63) is 41.7 Å². The summed E-state index contributed by atoms with van der Waals surface area (Å²) in [6.45, 7) is 6.32. The zero-order valence-electron chi connectivity index (χ0n) is 15.7. The average molecular weight is 370 g/mol. The van der Waals surface area contributed by atoms with Gasteiger partial charge in [0.1, 0.15) is 28.6 Å². The molecule has 2 N–H and O–H groups in total. The van der Waals surface area contributed by atoms with Gasteiger partial charge in [-0.15, -0.1) is 5.10 Å². The second kappa shape index (κ2) is 7.73. The predicted molar refractivity (Wildman–Crippen MR) is 102 cm³/mol. The number of aromatic nitrogens is 3. The van der Waals surface area contributed by atoms with Crippen LogP contribution in [0.5, 0.6) is 11.5 Å². The molecule has 0 amide bonds. The lowest BCUT2D eigenvalue weighted by Gasteiger charge is -2.11. The standard InChI is InChI=1S/C20H23FN4O2/c1-4-14(26)7-12(2)11-25-19-6-5-15(9-18(19)23-24-25)27-20-10-16(21)17(22)8-13(20)3/h5-6,8-10,12H,4,7,11,22H2,1-3H3/t12-/m1/s1. The van der Waals surface area contributed by atoms with Gasteiger partial charge in [-0.25, -0.2) is 9.07 Å². The van der Waals surface area contributed by atoms with Crippen LogP contribution in [0, 0.1) is 18.7 Å². The lowest BCUT2D eigenvalue weighted by molar-refractivity contribution is -0.119. The summed E-state index contributed by atoms with van der Waals surface area (Å²) >= 11 is 0. The van der Waals surface area contributed by atoms with Gasteiger partial charge in [-0.05, 0) is 36.6 Å². The van der Waals surface area contributed by atoms with Gasteiger partial charge in [0.25, 0.3) is 0 Å². The van der Waals surface area contributed by atoms with Gasteiger partial charge < -0.3 is 10.5 Å². The van der Waals surface area contributed by atoms with E-state index in [4.69, 9.17) is 10.5 Å². The Bertz CT molecular complexity index is 984. The van der Waals surface area contributed by atoms with E-state index in [0.29, 0.717) is 36.4 Å². The van der Waals surface area contributed by atoms with Crippen LogP contribution in [-0.2, 0) is 11.3 Å². The van der Waals surface area contributed by atoms with Crippen molar-refractivity contribution < 1.29 is 13.9 Å². The number of nitrogen functional groups attached to an aromatic ring is 1. The number of Topliss-reactive ketones (excluding diaryl/α,β-unsaturated/α-hetero) is 1. The van der Waals surface area contributed by atoms with Gasteiger partial charge in [0.05, 0.1) is 11.2 Å². The second-order valence-corrected chi connectivity index (χ2v) is 6.86. The number of benzene rings is 2. The lowest BCUT2D eigenvalue weighted by Crippen LogP contribution is -2.13. The Morgan fingerprint density at radius 2 is 2.11 bits per heavy atom. The molecule has 142 valence electrons. The van der Waals surface area contributed by atoms with Crippen LogP contribution in [0.1, 0.15) is 32.3 Å². The number of carbonyl (C=O) groups excluding carboxylic acids is 1. The van der Waals surface area contributed by atoms with Crippen molar-refractivity contribution in [3.63, 3.8) is 0 Å². The van der Waals surface area contributed by atoms with Crippen LogP contribution in [0.25, 0.3) is 11.0 Å². The summed E-state index contributed by atoms with van der Waals surface area (Å²) < 4.78 is 21.3. The highest BCUT2D eigenvalue weighted by molar-refractivity contribution is 5.78. The molecule has 7 heteroatoms. The van der Waals surface area contributed by atoms with E-state index in [1.165, 1.54) is 6.07 Å². The highest BCUT2D eigenvalue weighted by atomic mass is 19.1. The third kappa shape index (κ3) is 4.24. The average Bonchev–Trinajstić information content (AvgIpc) is 3.01. The monoisotopic (exact) mass is 370 g/mol. The minimum Gasteiger partial charge on any atom is -0.457 e. The van der Waals surface area contributed by atoms with Gasteiger partial charge in [-0.3, -0.25) is 4.79 Å². The summed E-state index contributed by atoms with van der Waals surface area (Å²) in [5.41, 5.74) is 7.94. The van der Waals surface area contributed by atoms with Gasteiger partial charge in [0, 0.05) is 31.5 Å². The fourth-order valence-electron chi connectivity index (χ4n) is 2.97. The third-order valence-corrected chi connectivity index (χ3v) is 4.46. The zero-order chi connectivity index (χ0) is 19.6. The molecule has 0 aliphatic rings. The number of hydrogen-bond donors (Lipinski definition) is 1. The maximum absolute atomic E-state index is 13.7. The quantitative estimate of drug-likeness (QED) is 0.628. The Kier molecular flexibility index (Phi) is 5.39. The van der Waals surface area contributed by atoms with Crippen molar-refractivity contribution >= 4 is 22.5 Å². The SMILES string of the molecule is CCC(=O)C[C@@H](C)Cn1nnc2cc(Oc3cc(F)c(N)cc3C)ccc21. The first-order valence-electron chi connectivity index (χ1n) is 8.95. The highest BCUT2D eigenvalue weighted by Gasteiger charge is 2.13. The number of anilines is 1. The molecule has 0 spiro atoms. The molecule has 0 saturated carbocycles. The molecule has 0 radical (unpaired) electrons. The topological polar surface area (TPSA) is 83.0 Å². The number of ketones is 1. The summed E-state index contributed by atoms with van der Waals surface area (Å²) in [7, 11) is 0. The van der Waals surface area contributed by atoms with Gasteiger partial charge in [0.15, 0.2) is 0 Å². The molecule has 3 rings (SSSR count). The molecule has 1 atom stereocenters. The zero-order valence-corrected chi connectivity index (χ0v) is 15.7. The third-order valence-electron chi connectivity index (χ3n) is 4.46. The maximum Gasteiger partial charge on any atom is 0.149 e. The molecule has 27 heavy (non-hydrogen) atoms. The number of aryl methyl sites for hydroxylation is 1. The van der Waals surface area contributed by atoms with E-state index < -0.39 is 5.82 Å². The van der Waals surface area contributed by atoms with Crippen molar-refractivity contribution in [3.8, 4) is 11.5 Å². The molecule has 0 fully saturated rings. The Morgan fingerprint density at radius 1 is 1.33 bits per heavy atom. The Morgan fingerprint density at radius 3 is 2.85 bits per heavy atom. The number of nitrogens with two attached hydrogens (primary N) is 1. The van der Waals surface area contributed by atoms with Crippen LogP contribution in [0.4, 0.5) is 10.1 Å². The Balaban J connectivity index is 1.79. The molecular formula is C20H23FN4O2. The molecule has 0 unspecified atom stereocenters. The summed E-state index contributed by atoms with van der Waals surface area (Å²) in [4.78, 5) is 11.6. The number of fused-ring (bicyclic) bond motifs is 1. The first kappa shape index (κ1) is 18.8. The maximum atomic E-state index is 13.7. The van der Waals surface area contributed by atoms with Crippen LogP contribution >= 0.6 is 0 Å². The van der Waals surface area contributed by atoms with Crippen LogP contribution in [0.3, 0.4) is 0 Å². The summed E-state index contributed by atoms with van der Waals surface area (Å²) in [5, 5.41) is 8.36. The Hall–Kier alpha value is -2.96. The van der Waals surface area contributed by atoms with Crippen molar-refractivity contribution in [2.24, 2.45) is 5.92 Å². The molecule has 3 aromatic rings. The van der Waals surface area contributed by atoms with E-state index >= 15 is 0 Å². The van der Waals surface area contributed by atoms with Crippen molar-refractivity contribution in [2.75, 3.05) is 5.73 Å². The molecule has 1 aromatic heterocycles. The smallest absolute Gasteiger partial charge is 0.149 e. The second-order valence-electron chi connectivity index (χ2n) is 6.86. The molecule has 0 aliphatic carbocycles. The van der Waals surface area contributed by atoms with Gasteiger partial charge in [-0.1, -0.05) is 19.1 Å². The number of carbonyl (C=O) groups is 1.